The van der Waals surface area contributed by atoms with E-state index in [0.717, 1.165) is 13.1 Å². The molecule has 6 heteroatoms. The lowest BCUT2D eigenvalue weighted by Crippen LogP contribution is -2.61. The lowest BCUT2D eigenvalue weighted by atomic mass is 9.82. The van der Waals surface area contributed by atoms with Crippen LogP contribution in [0, 0.1) is 5.92 Å². The third-order valence-corrected chi connectivity index (χ3v) is 5.10. The molecule has 0 aromatic rings. The van der Waals surface area contributed by atoms with Gasteiger partial charge in [-0.25, -0.2) is 4.39 Å². The predicted molar refractivity (Wildman–Crippen MR) is 80.4 cm³/mol. The molecule has 0 bridgehead atoms. The van der Waals surface area contributed by atoms with Crippen LogP contribution in [0.15, 0.2) is 0 Å². The lowest BCUT2D eigenvalue weighted by molar-refractivity contribution is -0.168. The van der Waals surface area contributed by atoms with E-state index >= 15 is 0 Å². The van der Waals surface area contributed by atoms with Crippen molar-refractivity contribution < 1.29 is 18.7 Å². The number of morpholine rings is 1. The highest BCUT2D eigenvalue weighted by molar-refractivity contribution is 5.80. The van der Waals surface area contributed by atoms with Gasteiger partial charge in [0.05, 0.1) is 26.4 Å². The van der Waals surface area contributed by atoms with Gasteiger partial charge in [-0.15, -0.1) is 0 Å². The molecule has 3 rings (SSSR count). The van der Waals surface area contributed by atoms with Crippen molar-refractivity contribution in [3.05, 3.63) is 0 Å². The Morgan fingerprint density at radius 2 is 2.00 bits per heavy atom. The van der Waals surface area contributed by atoms with E-state index in [9.17, 15) is 9.18 Å². The highest BCUT2D eigenvalue weighted by atomic mass is 19.1. The minimum atomic E-state index is -0.790. The topological polar surface area (TPSA) is 42.0 Å². The van der Waals surface area contributed by atoms with Crippen LogP contribution in [-0.2, 0) is 14.3 Å². The normalized spacial score (nSPS) is 37.2. The van der Waals surface area contributed by atoms with E-state index in [0.29, 0.717) is 51.8 Å². The van der Waals surface area contributed by atoms with Crippen LogP contribution in [0.2, 0.25) is 0 Å². The number of alkyl halides is 1. The summed E-state index contributed by atoms with van der Waals surface area (Å²) in [5.74, 6) is -0.0324. The summed E-state index contributed by atoms with van der Waals surface area (Å²) < 4.78 is 24.8. The number of hydrogen-bond donors (Lipinski definition) is 0. The second-order valence-corrected chi connectivity index (χ2v) is 7.17. The number of rotatable bonds is 2. The average Bonchev–Trinajstić information content (AvgIpc) is 2.66. The Balaban J connectivity index is 1.66. The van der Waals surface area contributed by atoms with Gasteiger partial charge in [-0.2, -0.15) is 0 Å². The van der Waals surface area contributed by atoms with Crippen LogP contribution in [0.5, 0.6) is 0 Å². The lowest BCUT2D eigenvalue weighted by Gasteiger charge is -2.45. The van der Waals surface area contributed by atoms with Crippen LogP contribution in [0.4, 0.5) is 4.39 Å². The molecule has 126 valence electrons. The third kappa shape index (κ3) is 3.29. The summed E-state index contributed by atoms with van der Waals surface area (Å²) in [4.78, 5) is 16.7. The molecule has 0 N–H and O–H groups in total. The summed E-state index contributed by atoms with van der Waals surface area (Å²) in [6, 6.07) is 0.423. The van der Waals surface area contributed by atoms with Gasteiger partial charge in [0.15, 0.2) is 0 Å². The van der Waals surface area contributed by atoms with Crippen molar-refractivity contribution in [3.8, 4) is 0 Å². The molecule has 1 saturated carbocycles. The van der Waals surface area contributed by atoms with E-state index in [1.54, 1.807) is 0 Å². The number of ether oxygens (including phenoxy) is 2. The molecule has 3 fully saturated rings. The first-order valence-corrected chi connectivity index (χ1v) is 8.38. The molecule has 2 aliphatic heterocycles. The number of carbonyl (C=O) groups excluding carboxylic acids is 1. The highest BCUT2D eigenvalue weighted by Crippen LogP contribution is 2.33. The maximum Gasteiger partial charge on any atom is 0.226 e. The van der Waals surface area contributed by atoms with Crippen LogP contribution in [0.1, 0.15) is 26.7 Å². The van der Waals surface area contributed by atoms with Gasteiger partial charge in [0.2, 0.25) is 5.91 Å². The summed E-state index contributed by atoms with van der Waals surface area (Å²) in [5, 5.41) is 0. The first-order valence-electron chi connectivity index (χ1n) is 8.38. The predicted octanol–water partition coefficient (Wildman–Crippen LogP) is 1.07. The fourth-order valence-corrected chi connectivity index (χ4v) is 3.60. The van der Waals surface area contributed by atoms with Crippen molar-refractivity contribution in [1.29, 1.82) is 0 Å². The Labute approximate surface area is 131 Å². The van der Waals surface area contributed by atoms with Crippen molar-refractivity contribution in [2.75, 3.05) is 46.0 Å². The second kappa shape index (κ2) is 6.42. The quantitative estimate of drug-likeness (QED) is 0.765. The van der Waals surface area contributed by atoms with E-state index in [4.69, 9.17) is 9.47 Å². The fraction of sp³-hybridized carbons (Fsp3) is 0.938. The standard InChI is InChI=1S/C16H27FN2O3/c1-12(2)18-3-5-21-11-16(9-18)10-19(4-6-22-16)15(20)13-7-14(17)8-13/h12-14H,3-11H2,1-2H3. The molecule has 5 nitrogen and oxygen atoms in total. The second-order valence-electron chi connectivity index (χ2n) is 7.17. The first-order chi connectivity index (χ1) is 10.5. The third-order valence-electron chi connectivity index (χ3n) is 5.10. The molecule has 2 saturated heterocycles. The van der Waals surface area contributed by atoms with Gasteiger partial charge in [0.25, 0.3) is 0 Å². The van der Waals surface area contributed by atoms with Crippen molar-refractivity contribution in [1.82, 2.24) is 9.80 Å². The van der Waals surface area contributed by atoms with Gasteiger partial charge >= 0.3 is 0 Å². The summed E-state index contributed by atoms with van der Waals surface area (Å²) in [6.45, 7) is 8.93. The van der Waals surface area contributed by atoms with Crippen molar-refractivity contribution >= 4 is 5.91 Å². The van der Waals surface area contributed by atoms with E-state index in [1.807, 2.05) is 4.90 Å². The van der Waals surface area contributed by atoms with E-state index in [-0.39, 0.29) is 11.8 Å². The number of halogens is 1. The number of nitrogens with zero attached hydrogens (tertiary/aromatic N) is 2. The Bertz CT molecular complexity index is 414. The Morgan fingerprint density at radius 3 is 2.68 bits per heavy atom. The van der Waals surface area contributed by atoms with Gasteiger partial charge < -0.3 is 14.4 Å². The van der Waals surface area contributed by atoms with E-state index in [1.165, 1.54) is 0 Å². The van der Waals surface area contributed by atoms with Crippen molar-refractivity contribution in [3.63, 3.8) is 0 Å². The van der Waals surface area contributed by atoms with Crippen LogP contribution < -0.4 is 0 Å². The van der Waals surface area contributed by atoms with Crippen LogP contribution in [-0.4, -0.2) is 79.5 Å². The molecular weight excluding hydrogens is 287 g/mol. The maximum absolute atomic E-state index is 13.0. The van der Waals surface area contributed by atoms with Crippen LogP contribution in [0.3, 0.4) is 0 Å². The van der Waals surface area contributed by atoms with Gasteiger partial charge in [-0.1, -0.05) is 0 Å². The minimum absolute atomic E-state index is 0.0944. The molecule has 1 unspecified atom stereocenters. The van der Waals surface area contributed by atoms with Crippen LogP contribution >= 0.6 is 0 Å². The smallest absolute Gasteiger partial charge is 0.226 e. The highest BCUT2D eigenvalue weighted by Gasteiger charge is 2.44. The zero-order valence-corrected chi connectivity index (χ0v) is 13.6. The molecule has 1 spiro atoms. The molecular formula is C16H27FN2O3. The molecule has 0 radical (unpaired) electrons. The van der Waals surface area contributed by atoms with Gasteiger partial charge in [0, 0.05) is 31.6 Å². The zero-order valence-electron chi connectivity index (χ0n) is 13.6. The molecule has 22 heavy (non-hydrogen) atoms. The number of hydrogen-bond acceptors (Lipinski definition) is 4. The molecule has 1 atom stereocenters. The molecule has 1 amide bonds. The Hall–Kier alpha value is -0.720. The number of amides is 1. The fourth-order valence-electron chi connectivity index (χ4n) is 3.60. The Morgan fingerprint density at radius 1 is 1.23 bits per heavy atom. The summed E-state index contributed by atoms with van der Waals surface area (Å²) in [5.41, 5.74) is -0.437. The monoisotopic (exact) mass is 314 g/mol. The number of carbonyl (C=O) groups is 1. The van der Waals surface area contributed by atoms with Gasteiger partial charge in [-0.05, 0) is 26.7 Å². The summed E-state index contributed by atoms with van der Waals surface area (Å²) >= 11 is 0. The zero-order chi connectivity index (χ0) is 15.7. The molecule has 0 aromatic heterocycles. The van der Waals surface area contributed by atoms with E-state index in [2.05, 4.69) is 18.7 Å². The first kappa shape index (κ1) is 16.1. The largest absolute Gasteiger partial charge is 0.377 e. The molecule has 2 heterocycles. The molecule has 1 aliphatic carbocycles. The maximum atomic E-state index is 13.0. The molecule has 0 aromatic carbocycles. The van der Waals surface area contributed by atoms with Crippen molar-refractivity contribution in [2.24, 2.45) is 5.92 Å². The Kier molecular flexibility index (Phi) is 4.71. The summed E-state index contributed by atoms with van der Waals surface area (Å²) in [7, 11) is 0. The molecule has 3 aliphatic rings. The summed E-state index contributed by atoms with van der Waals surface area (Å²) in [6.07, 6.45) is -0.0168. The van der Waals surface area contributed by atoms with Gasteiger partial charge in [-0.3, -0.25) is 9.69 Å². The SMILES string of the molecule is CC(C)N1CCOCC2(CN(C(=O)C3CC(F)C3)CCO2)C1. The van der Waals surface area contributed by atoms with Crippen LogP contribution in [0.25, 0.3) is 0 Å². The van der Waals surface area contributed by atoms with Crippen molar-refractivity contribution in [2.45, 2.75) is 44.5 Å². The average molecular weight is 314 g/mol. The van der Waals surface area contributed by atoms with Gasteiger partial charge in [0.1, 0.15) is 11.8 Å². The minimum Gasteiger partial charge on any atom is -0.377 e. The van der Waals surface area contributed by atoms with E-state index < -0.39 is 11.8 Å².